The number of nitrogens with one attached hydrogen (secondary N) is 1. The second kappa shape index (κ2) is 6.30. The molecule has 1 aromatic rings. The van der Waals surface area contributed by atoms with Gasteiger partial charge in [-0.05, 0) is 19.1 Å². The second-order valence-electron chi connectivity index (χ2n) is 3.65. The van der Waals surface area contributed by atoms with Crippen LogP contribution in [0.25, 0.3) is 0 Å². The molecule has 0 heterocycles. The summed E-state index contributed by atoms with van der Waals surface area (Å²) in [5.74, 6) is -0.228. The van der Waals surface area contributed by atoms with Gasteiger partial charge in [0.15, 0.2) is 5.78 Å². The number of benzene rings is 1. The number of carbonyl (C=O) groups excluding carboxylic acids is 2. The molecule has 0 unspecified atom stereocenters. The lowest BCUT2D eigenvalue weighted by Gasteiger charge is -2.07. The number of rotatable bonds is 6. The fourth-order valence-corrected chi connectivity index (χ4v) is 2.35. The van der Waals surface area contributed by atoms with E-state index in [1.54, 1.807) is 0 Å². The maximum absolute atomic E-state index is 11.9. The van der Waals surface area contributed by atoms with Gasteiger partial charge < -0.3 is 10.5 Å². The third kappa shape index (κ3) is 4.68. The number of sulfonamides is 1. The van der Waals surface area contributed by atoms with Gasteiger partial charge in [0.2, 0.25) is 10.0 Å². The summed E-state index contributed by atoms with van der Waals surface area (Å²) in [6, 6.07) is 5.64. The summed E-state index contributed by atoms with van der Waals surface area (Å²) in [6.07, 6.45) is -0.974. The summed E-state index contributed by atoms with van der Waals surface area (Å²) in [4.78, 5) is 21.4. The van der Waals surface area contributed by atoms with Crippen LogP contribution in [0.1, 0.15) is 17.3 Å². The van der Waals surface area contributed by atoms with Crippen LogP contribution in [0.4, 0.5) is 4.79 Å². The van der Waals surface area contributed by atoms with Gasteiger partial charge in [-0.2, -0.15) is 0 Å². The molecule has 104 valence electrons. The average Bonchev–Trinajstić information content (AvgIpc) is 2.34. The SMILES string of the molecule is CC(=O)c1cccc(S(=O)(=O)NCCOC(N)=O)c1. The van der Waals surface area contributed by atoms with Crippen molar-refractivity contribution in [1.82, 2.24) is 4.72 Å². The van der Waals surface area contributed by atoms with Gasteiger partial charge in [-0.15, -0.1) is 0 Å². The Labute approximate surface area is 110 Å². The molecule has 7 nitrogen and oxygen atoms in total. The molecule has 1 amide bonds. The van der Waals surface area contributed by atoms with Gasteiger partial charge in [-0.1, -0.05) is 12.1 Å². The predicted molar refractivity (Wildman–Crippen MR) is 67.2 cm³/mol. The highest BCUT2D eigenvalue weighted by Gasteiger charge is 2.14. The number of ketones is 1. The number of nitrogens with two attached hydrogens (primary N) is 1. The smallest absolute Gasteiger partial charge is 0.404 e. The van der Waals surface area contributed by atoms with Crippen molar-refractivity contribution in [3.63, 3.8) is 0 Å². The van der Waals surface area contributed by atoms with E-state index < -0.39 is 16.1 Å². The molecule has 0 saturated carbocycles. The molecule has 0 aliphatic carbocycles. The van der Waals surface area contributed by atoms with Crippen molar-refractivity contribution in [3.05, 3.63) is 29.8 Å². The monoisotopic (exact) mass is 286 g/mol. The van der Waals surface area contributed by atoms with E-state index >= 15 is 0 Å². The minimum atomic E-state index is -3.75. The third-order valence-corrected chi connectivity index (χ3v) is 3.65. The molecule has 3 N–H and O–H groups in total. The highest BCUT2D eigenvalue weighted by molar-refractivity contribution is 7.89. The number of hydrogen-bond donors (Lipinski definition) is 2. The molecule has 0 saturated heterocycles. The van der Waals surface area contributed by atoms with Gasteiger partial charge in [0.25, 0.3) is 0 Å². The van der Waals surface area contributed by atoms with E-state index in [-0.39, 0.29) is 23.8 Å². The van der Waals surface area contributed by atoms with Crippen LogP contribution in [0, 0.1) is 0 Å². The van der Waals surface area contributed by atoms with Gasteiger partial charge in [0, 0.05) is 12.1 Å². The van der Waals surface area contributed by atoms with Crippen LogP contribution in [0.3, 0.4) is 0 Å². The van der Waals surface area contributed by atoms with Crippen LogP contribution in [-0.4, -0.2) is 33.4 Å². The fraction of sp³-hybridized carbons (Fsp3) is 0.273. The van der Waals surface area contributed by atoms with E-state index in [2.05, 4.69) is 9.46 Å². The fourth-order valence-electron chi connectivity index (χ4n) is 1.29. The molecule has 1 rings (SSSR count). The minimum absolute atomic E-state index is 0.0284. The van der Waals surface area contributed by atoms with E-state index in [0.717, 1.165) is 0 Å². The molecule has 8 heteroatoms. The van der Waals surface area contributed by atoms with E-state index in [9.17, 15) is 18.0 Å². The Hall–Kier alpha value is -1.93. The van der Waals surface area contributed by atoms with Crippen molar-refractivity contribution < 1.29 is 22.7 Å². The van der Waals surface area contributed by atoms with Crippen LogP contribution in [0.2, 0.25) is 0 Å². The Kier molecular flexibility index (Phi) is 5.02. The van der Waals surface area contributed by atoms with Gasteiger partial charge >= 0.3 is 6.09 Å². The number of carbonyl (C=O) groups is 2. The normalized spacial score (nSPS) is 11.0. The van der Waals surface area contributed by atoms with Gasteiger partial charge in [0.05, 0.1) is 4.90 Å². The summed E-state index contributed by atoms with van der Waals surface area (Å²) in [7, 11) is -3.75. The lowest BCUT2D eigenvalue weighted by molar-refractivity contribution is 0.101. The van der Waals surface area contributed by atoms with E-state index in [0.29, 0.717) is 5.56 Å². The highest BCUT2D eigenvalue weighted by atomic mass is 32.2. The van der Waals surface area contributed by atoms with Crippen molar-refractivity contribution in [1.29, 1.82) is 0 Å². The first kappa shape index (κ1) is 15.1. The molecule has 0 aromatic heterocycles. The first-order valence-electron chi connectivity index (χ1n) is 5.36. The summed E-state index contributed by atoms with van der Waals surface area (Å²) in [5.41, 5.74) is 5.03. The van der Waals surface area contributed by atoms with E-state index in [4.69, 9.17) is 5.73 Å². The molecule has 0 spiro atoms. The standard InChI is InChI=1S/C11H14N2O5S/c1-8(14)9-3-2-4-10(7-9)19(16,17)13-5-6-18-11(12)15/h2-4,7,13H,5-6H2,1H3,(H2,12,15). The van der Waals surface area contributed by atoms with Crippen LogP contribution >= 0.6 is 0 Å². The zero-order chi connectivity index (χ0) is 14.5. The maximum Gasteiger partial charge on any atom is 0.404 e. The predicted octanol–water partition coefficient (Wildman–Crippen LogP) is 0.263. The van der Waals surface area contributed by atoms with Crippen LogP contribution < -0.4 is 10.5 Å². The van der Waals surface area contributed by atoms with E-state index in [1.807, 2.05) is 0 Å². The van der Waals surface area contributed by atoms with Crippen molar-refractivity contribution >= 4 is 21.9 Å². The molecule has 0 radical (unpaired) electrons. The third-order valence-electron chi connectivity index (χ3n) is 2.19. The summed E-state index contributed by atoms with van der Waals surface area (Å²) in [5, 5.41) is 0. The number of hydrogen-bond acceptors (Lipinski definition) is 5. The van der Waals surface area contributed by atoms with Crippen molar-refractivity contribution in [2.75, 3.05) is 13.2 Å². The van der Waals surface area contributed by atoms with Gasteiger partial charge in [-0.3, -0.25) is 4.79 Å². The van der Waals surface area contributed by atoms with Crippen molar-refractivity contribution in [2.24, 2.45) is 5.73 Å². The quantitative estimate of drug-likeness (QED) is 0.575. The van der Waals surface area contributed by atoms with Gasteiger partial charge in [0.1, 0.15) is 6.61 Å². The first-order valence-corrected chi connectivity index (χ1v) is 6.84. The Balaban J connectivity index is 2.74. The van der Waals surface area contributed by atoms with Crippen molar-refractivity contribution in [3.8, 4) is 0 Å². The number of Topliss-reactive ketones (excluding diaryl/α,β-unsaturated/α-hetero) is 1. The van der Waals surface area contributed by atoms with Gasteiger partial charge in [-0.25, -0.2) is 17.9 Å². The number of ether oxygens (including phenoxy) is 1. The molecule has 0 bridgehead atoms. The summed E-state index contributed by atoms with van der Waals surface area (Å²) >= 11 is 0. The molecule has 0 atom stereocenters. The molecule has 0 aliphatic rings. The lowest BCUT2D eigenvalue weighted by Crippen LogP contribution is -2.29. The molecule has 0 fully saturated rings. The summed E-state index contributed by atoms with van der Waals surface area (Å²) in [6.45, 7) is 1.08. The Morgan fingerprint density at radius 1 is 1.37 bits per heavy atom. The maximum atomic E-state index is 11.9. The molecule has 19 heavy (non-hydrogen) atoms. The second-order valence-corrected chi connectivity index (χ2v) is 5.42. The largest absolute Gasteiger partial charge is 0.448 e. The molecular weight excluding hydrogens is 272 g/mol. The zero-order valence-electron chi connectivity index (χ0n) is 10.3. The molecule has 0 aliphatic heterocycles. The Bertz CT molecular complexity index is 583. The van der Waals surface area contributed by atoms with Crippen LogP contribution in [0.15, 0.2) is 29.2 Å². The molecular formula is C11H14N2O5S. The molecule has 1 aromatic carbocycles. The summed E-state index contributed by atoms with van der Waals surface area (Å²) < 4.78 is 30.3. The number of primary amides is 1. The van der Waals surface area contributed by atoms with Crippen LogP contribution in [-0.2, 0) is 14.8 Å². The van der Waals surface area contributed by atoms with E-state index in [1.165, 1.54) is 31.2 Å². The Morgan fingerprint density at radius 2 is 2.05 bits per heavy atom. The zero-order valence-corrected chi connectivity index (χ0v) is 11.1. The first-order chi connectivity index (χ1) is 8.83. The van der Waals surface area contributed by atoms with Crippen LogP contribution in [0.5, 0.6) is 0 Å². The number of amides is 1. The topological polar surface area (TPSA) is 116 Å². The average molecular weight is 286 g/mol. The van der Waals surface area contributed by atoms with Crippen molar-refractivity contribution in [2.45, 2.75) is 11.8 Å². The highest BCUT2D eigenvalue weighted by Crippen LogP contribution is 2.11. The lowest BCUT2D eigenvalue weighted by atomic mass is 10.2. The Morgan fingerprint density at radius 3 is 2.63 bits per heavy atom. The minimum Gasteiger partial charge on any atom is -0.448 e.